The Morgan fingerprint density at radius 2 is 1.97 bits per heavy atom. The van der Waals surface area contributed by atoms with E-state index in [2.05, 4.69) is 21.7 Å². The first-order valence-electron chi connectivity index (χ1n) is 12.2. The van der Waals surface area contributed by atoms with Gasteiger partial charge in [0.25, 0.3) is 0 Å². The molecule has 35 heavy (non-hydrogen) atoms. The Balaban J connectivity index is 1.34. The van der Waals surface area contributed by atoms with Crippen molar-refractivity contribution in [1.82, 2.24) is 9.88 Å². The quantitative estimate of drug-likeness (QED) is 0.480. The molecule has 3 aromatic rings. The standard InChI is InChI=1S/C29H34N2O4/c1-34-24-10-11-27-26(18-24)25(13-15-30-27)28(33)12-9-21-14-17-31(19-23(21)20-32)16-5-7-22-6-3-4-8-29(22)35-2/h3-4,6,8,10-11,13,15,18,21,23,28,32-33H,9,12,14,16-17,19-20H2,1-2H3/t21-,23-,28+/m1/s1. The topological polar surface area (TPSA) is 75.1 Å². The molecule has 0 spiro atoms. The molecule has 1 aromatic heterocycles. The molecular weight excluding hydrogens is 440 g/mol. The van der Waals surface area contributed by atoms with Crippen LogP contribution in [0.15, 0.2) is 54.7 Å². The average Bonchev–Trinajstić information content (AvgIpc) is 2.91. The van der Waals surface area contributed by atoms with Crippen LogP contribution in [0.2, 0.25) is 0 Å². The fourth-order valence-corrected chi connectivity index (χ4v) is 4.97. The van der Waals surface area contributed by atoms with Gasteiger partial charge in [0.05, 0.1) is 37.9 Å². The maximum absolute atomic E-state index is 11.0. The number of para-hydroxylation sites is 1. The Kier molecular flexibility index (Phi) is 8.59. The van der Waals surface area contributed by atoms with Gasteiger partial charge in [0.15, 0.2) is 0 Å². The molecule has 0 saturated carbocycles. The van der Waals surface area contributed by atoms with Crippen LogP contribution in [0.4, 0.5) is 0 Å². The molecule has 6 heteroatoms. The molecule has 1 aliphatic rings. The number of hydrogen-bond donors (Lipinski definition) is 2. The normalized spacial score (nSPS) is 19.1. The molecule has 1 fully saturated rings. The molecule has 3 atom stereocenters. The van der Waals surface area contributed by atoms with E-state index in [4.69, 9.17) is 9.47 Å². The number of nitrogens with zero attached hydrogens (tertiary/aromatic N) is 2. The maximum atomic E-state index is 11.0. The third-order valence-electron chi connectivity index (χ3n) is 7.00. The highest BCUT2D eigenvalue weighted by Gasteiger charge is 2.29. The van der Waals surface area contributed by atoms with Crippen molar-refractivity contribution < 1.29 is 19.7 Å². The number of aromatic nitrogens is 1. The van der Waals surface area contributed by atoms with Gasteiger partial charge in [0.2, 0.25) is 0 Å². The van der Waals surface area contributed by atoms with Crippen molar-refractivity contribution in [3.05, 3.63) is 65.9 Å². The lowest BCUT2D eigenvalue weighted by Crippen LogP contribution is -2.42. The predicted molar refractivity (Wildman–Crippen MR) is 137 cm³/mol. The summed E-state index contributed by atoms with van der Waals surface area (Å²) in [6, 6.07) is 15.4. The van der Waals surface area contributed by atoms with Crippen molar-refractivity contribution in [1.29, 1.82) is 0 Å². The van der Waals surface area contributed by atoms with E-state index < -0.39 is 6.10 Å². The summed E-state index contributed by atoms with van der Waals surface area (Å²) >= 11 is 0. The van der Waals surface area contributed by atoms with Gasteiger partial charge in [-0.25, -0.2) is 0 Å². The van der Waals surface area contributed by atoms with Crippen LogP contribution < -0.4 is 9.47 Å². The lowest BCUT2D eigenvalue weighted by atomic mass is 9.81. The third-order valence-corrected chi connectivity index (χ3v) is 7.00. The van der Waals surface area contributed by atoms with Gasteiger partial charge >= 0.3 is 0 Å². The molecule has 4 rings (SSSR count). The molecule has 0 aliphatic carbocycles. The largest absolute Gasteiger partial charge is 0.497 e. The van der Waals surface area contributed by atoms with Crippen LogP contribution in [0.3, 0.4) is 0 Å². The molecule has 2 N–H and O–H groups in total. The number of methoxy groups -OCH3 is 2. The van der Waals surface area contributed by atoms with Crippen molar-refractivity contribution in [2.45, 2.75) is 25.4 Å². The van der Waals surface area contributed by atoms with Gasteiger partial charge < -0.3 is 19.7 Å². The predicted octanol–water partition coefficient (Wildman–Crippen LogP) is 4.05. The van der Waals surface area contributed by atoms with Crippen LogP contribution >= 0.6 is 0 Å². The first kappa shape index (κ1) is 25.0. The maximum Gasteiger partial charge on any atom is 0.134 e. The Morgan fingerprint density at radius 3 is 2.77 bits per heavy atom. The monoisotopic (exact) mass is 474 g/mol. The molecule has 0 amide bonds. The average molecular weight is 475 g/mol. The van der Waals surface area contributed by atoms with E-state index in [1.54, 1.807) is 20.4 Å². The smallest absolute Gasteiger partial charge is 0.134 e. The Hall–Kier alpha value is -3.11. The fraction of sp³-hybridized carbons (Fsp3) is 0.414. The molecule has 1 saturated heterocycles. The van der Waals surface area contributed by atoms with Crippen molar-refractivity contribution in [3.8, 4) is 23.3 Å². The first-order chi connectivity index (χ1) is 17.1. The van der Waals surface area contributed by atoms with E-state index in [0.29, 0.717) is 18.9 Å². The number of rotatable bonds is 8. The summed E-state index contributed by atoms with van der Waals surface area (Å²) in [4.78, 5) is 6.72. The van der Waals surface area contributed by atoms with Crippen LogP contribution in [-0.2, 0) is 0 Å². The number of aliphatic hydroxyl groups excluding tert-OH is 2. The number of piperidine rings is 1. The zero-order valence-corrected chi connectivity index (χ0v) is 20.5. The summed E-state index contributed by atoms with van der Waals surface area (Å²) in [6.45, 7) is 2.56. The van der Waals surface area contributed by atoms with E-state index in [9.17, 15) is 10.2 Å². The van der Waals surface area contributed by atoms with Crippen molar-refractivity contribution >= 4 is 10.9 Å². The van der Waals surface area contributed by atoms with Crippen molar-refractivity contribution in [2.75, 3.05) is 40.5 Å². The van der Waals surface area contributed by atoms with Gasteiger partial charge in [0.1, 0.15) is 11.5 Å². The van der Waals surface area contributed by atoms with E-state index in [0.717, 1.165) is 59.5 Å². The summed E-state index contributed by atoms with van der Waals surface area (Å²) in [5.41, 5.74) is 2.61. The van der Waals surface area contributed by atoms with Gasteiger partial charge in [-0.3, -0.25) is 9.88 Å². The number of fused-ring (bicyclic) bond motifs is 1. The Labute approximate surface area is 207 Å². The van der Waals surface area contributed by atoms with E-state index in [1.807, 2.05) is 48.5 Å². The SMILES string of the molecule is COc1ccc2nccc([C@@H](O)CC[C@@H]3CCN(CC#Cc4ccccc4OC)C[C@@H]3CO)c2c1. The van der Waals surface area contributed by atoms with Gasteiger partial charge in [-0.1, -0.05) is 24.0 Å². The highest BCUT2D eigenvalue weighted by molar-refractivity contribution is 5.83. The number of aliphatic hydroxyl groups is 2. The minimum absolute atomic E-state index is 0.145. The van der Waals surface area contributed by atoms with Crippen LogP contribution in [0, 0.1) is 23.7 Å². The lowest BCUT2D eigenvalue weighted by Gasteiger charge is -2.37. The zero-order chi connectivity index (χ0) is 24.6. The molecule has 6 nitrogen and oxygen atoms in total. The van der Waals surface area contributed by atoms with Gasteiger partial charge in [0, 0.05) is 24.7 Å². The second-order valence-electron chi connectivity index (χ2n) is 9.10. The summed E-state index contributed by atoms with van der Waals surface area (Å²) in [5.74, 6) is 8.56. The molecule has 184 valence electrons. The minimum Gasteiger partial charge on any atom is -0.497 e. The van der Waals surface area contributed by atoms with E-state index in [-0.39, 0.29) is 12.5 Å². The summed E-state index contributed by atoms with van der Waals surface area (Å²) in [7, 11) is 3.29. The van der Waals surface area contributed by atoms with Crippen molar-refractivity contribution in [2.24, 2.45) is 11.8 Å². The van der Waals surface area contributed by atoms with Crippen LogP contribution in [0.1, 0.15) is 36.5 Å². The Morgan fingerprint density at radius 1 is 1.11 bits per heavy atom. The Bertz CT molecular complexity index is 1190. The lowest BCUT2D eigenvalue weighted by molar-refractivity contribution is 0.0640. The first-order valence-corrected chi connectivity index (χ1v) is 12.2. The van der Waals surface area contributed by atoms with Crippen LogP contribution in [0.25, 0.3) is 10.9 Å². The molecule has 0 bridgehead atoms. The zero-order valence-electron chi connectivity index (χ0n) is 20.5. The van der Waals surface area contributed by atoms with Gasteiger partial charge in [-0.05, 0) is 79.6 Å². The second kappa shape index (κ2) is 12.0. The molecule has 0 unspecified atom stereocenters. The minimum atomic E-state index is -0.586. The number of pyridine rings is 1. The van der Waals surface area contributed by atoms with Crippen LogP contribution in [-0.4, -0.2) is 60.6 Å². The fourth-order valence-electron chi connectivity index (χ4n) is 4.97. The third kappa shape index (κ3) is 6.12. The summed E-state index contributed by atoms with van der Waals surface area (Å²) in [5, 5.41) is 22.0. The molecule has 1 aliphatic heterocycles. The number of likely N-dealkylation sites (tertiary alicyclic amines) is 1. The molecule has 0 radical (unpaired) electrons. The number of benzene rings is 2. The number of hydrogen-bond acceptors (Lipinski definition) is 6. The molecular formula is C29H34N2O4. The second-order valence-corrected chi connectivity index (χ2v) is 9.10. The van der Waals surface area contributed by atoms with Crippen LogP contribution in [0.5, 0.6) is 11.5 Å². The summed E-state index contributed by atoms with van der Waals surface area (Å²) in [6.07, 6.45) is 3.65. The van der Waals surface area contributed by atoms with E-state index >= 15 is 0 Å². The number of ether oxygens (including phenoxy) is 2. The van der Waals surface area contributed by atoms with E-state index in [1.165, 1.54) is 0 Å². The molecule has 2 heterocycles. The highest BCUT2D eigenvalue weighted by Crippen LogP contribution is 2.33. The van der Waals surface area contributed by atoms with Gasteiger partial charge in [-0.15, -0.1) is 0 Å². The van der Waals surface area contributed by atoms with Gasteiger partial charge in [-0.2, -0.15) is 0 Å². The summed E-state index contributed by atoms with van der Waals surface area (Å²) < 4.78 is 10.7. The highest BCUT2D eigenvalue weighted by atomic mass is 16.5. The molecule has 2 aromatic carbocycles. The van der Waals surface area contributed by atoms with Crippen molar-refractivity contribution in [3.63, 3.8) is 0 Å².